The Labute approximate surface area is 104 Å². The van der Waals surface area contributed by atoms with Gasteiger partial charge < -0.3 is 11.1 Å². The van der Waals surface area contributed by atoms with E-state index in [4.69, 9.17) is 5.73 Å². The van der Waals surface area contributed by atoms with Crippen molar-refractivity contribution in [2.24, 2.45) is 5.73 Å². The summed E-state index contributed by atoms with van der Waals surface area (Å²) in [5, 5.41) is 3.04. The summed E-state index contributed by atoms with van der Waals surface area (Å²) in [5.41, 5.74) is 6.33. The Morgan fingerprint density at radius 3 is 2.75 bits per heavy atom. The van der Waals surface area contributed by atoms with Crippen LogP contribution in [-0.2, 0) is 10.3 Å². The first-order valence-electron chi connectivity index (χ1n) is 5.43. The van der Waals surface area contributed by atoms with E-state index in [1.807, 2.05) is 12.1 Å². The number of nitrogens with two attached hydrogens (primary N) is 1. The van der Waals surface area contributed by atoms with Gasteiger partial charge in [-0.15, -0.1) is 0 Å². The van der Waals surface area contributed by atoms with Crippen molar-refractivity contribution in [1.29, 1.82) is 0 Å². The maximum absolute atomic E-state index is 11.4. The second-order valence-corrected chi connectivity index (χ2v) is 5.11. The molecule has 0 spiro atoms. The number of benzene rings is 1. The predicted molar refractivity (Wildman–Crippen MR) is 66.9 cm³/mol. The molecule has 1 aromatic rings. The number of carbonyl (C=O) groups excluding carboxylic acids is 1. The molecule has 1 aliphatic carbocycles. The van der Waals surface area contributed by atoms with Crippen LogP contribution in [0.1, 0.15) is 24.8 Å². The fourth-order valence-electron chi connectivity index (χ4n) is 2.12. The lowest BCUT2D eigenvalue weighted by atomic mass is 9.72. The van der Waals surface area contributed by atoms with Gasteiger partial charge in [-0.2, -0.15) is 0 Å². The third-order valence-electron chi connectivity index (χ3n) is 3.15. The van der Waals surface area contributed by atoms with Crippen molar-refractivity contribution in [3.8, 4) is 0 Å². The molecule has 1 saturated carbocycles. The zero-order valence-corrected chi connectivity index (χ0v) is 10.6. The van der Waals surface area contributed by atoms with Crippen molar-refractivity contribution in [3.05, 3.63) is 34.3 Å². The number of hydrogen-bond acceptors (Lipinski definition) is 2. The average molecular weight is 283 g/mol. The fourth-order valence-corrected chi connectivity index (χ4v) is 2.52. The summed E-state index contributed by atoms with van der Waals surface area (Å²) >= 11 is 3.45. The summed E-state index contributed by atoms with van der Waals surface area (Å²) in [6.07, 6.45) is 3.14. The second-order valence-electron chi connectivity index (χ2n) is 4.20. The molecule has 1 aliphatic rings. The lowest BCUT2D eigenvalue weighted by Crippen LogP contribution is -2.52. The first-order chi connectivity index (χ1) is 7.66. The molecule has 1 fully saturated rings. The van der Waals surface area contributed by atoms with Crippen molar-refractivity contribution < 1.29 is 4.79 Å². The minimum absolute atomic E-state index is 0.0513. The number of rotatable bonds is 3. The molecule has 0 unspecified atom stereocenters. The van der Waals surface area contributed by atoms with Crippen LogP contribution in [0.4, 0.5) is 0 Å². The van der Waals surface area contributed by atoms with Gasteiger partial charge in [0.15, 0.2) is 0 Å². The number of carbonyl (C=O) groups is 1. The van der Waals surface area contributed by atoms with Crippen molar-refractivity contribution in [3.63, 3.8) is 0 Å². The molecule has 0 aliphatic heterocycles. The van der Waals surface area contributed by atoms with E-state index in [0.717, 1.165) is 29.3 Å². The standard InChI is InChI=1S/C12H15BrN2O/c13-10-4-1-3-9(7-10)12(5-2-6-12)15-11(16)8-14/h1,3-4,7H,2,5-6,8,14H2,(H,15,16). The largest absolute Gasteiger partial charge is 0.345 e. The van der Waals surface area contributed by atoms with E-state index in [9.17, 15) is 4.79 Å². The van der Waals surface area contributed by atoms with Gasteiger partial charge in [0.05, 0.1) is 12.1 Å². The Bertz CT molecular complexity index is 402. The van der Waals surface area contributed by atoms with Crippen LogP contribution in [-0.4, -0.2) is 12.5 Å². The van der Waals surface area contributed by atoms with Crippen LogP contribution in [0.25, 0.3) is 0 Å². The van der Waals surface area contributed by atoms with Gasteiger partial charge in [-0.05, 0) is 37.0 Å². The molecule has 4 heteroatoms. The summed E-state index contributed by atoms with van der Waals surface area (Å²) in [4.78, 5) is 11.4. The topological polar surface area (TPSA) is 55.1 Å². The number of amides is 1. The molecule has 2 rings (SSSR count). The number of halogens is 1. The summed E-state index contributed by atoms with van der Waals surface area (Å²) in [6, 6.07) is 8.10. The van der Waals surface area contributed by atoms with E-state index in [1.54, 1.807) is 0 Å². The molecule has 3 N–H and O–H groups in total. The normalized spacial score (nSPS) is 17.6. The van der Waals surface area contributed by atoms with Crippen LogP contribution in [0.2, 0.25) is 0 Å². The van der Waals surface area contributed by atoms with Gasteiger partial charge in [0, 0.05) is 4.47 Å². The Hall–Kier alpha value is -0.870. The molecular weight excluding hydrogens is 268 g/mol. The molecule has 1 amide bonds. The smallest absolute Gasteiger partial charge is 0.234 e. The van der Waals surface area contributed by atoms with Gasteiger partial charge >= 0.3 is 0 Å². The van der Waals surface area contributed by atoms with Crippen LogP contribution in [0.3, 0.4) is 0 Å². The highest BCUT2D eigenvalue weighted by molar-refractivity contribution is 9.10. The van der Waals surface area contributed by atoms with Gasteiger partial charge in [0.1, 0.15) is 0 Å². The summed E-state index contributed by atoms with van der Waals surface area (Å²) in [7, 11) is 0. The minimum Gasteiger partial charge on any atom is -0.345 e. The highest BCUT2D eigenvalue weighted by Gasteiger charge is 2.39. The quantitative estimate of drug-likeness (QED) is 0.890. The maximum Gasteiger partial charge on any atom is 0.234 e. The molecule has 86 valence electrons. The summed E-state index contributed by atoms with van der Waals surface area (Å²) < 4.78 is 1.04. The Morgan fingerprint density at radius 2 is 2.25 bits per heavy atom. The zero-order valence-electron chi connectivity index (χ0n) is 9.00. The molecule has 0 aromatic heterocycles. The Balaban J connectivity index is 2.24. The molecule has 0 heterocycles. The van der Waals surface area contributed by atoms with Crippen molar-refractivity contribution in [2.75, 3.05) is 6.54 Å². The zero-order chi connectivity index (χ0) is 11.6. The Kier molecular flexibility index (Phi) is 3.30. The third-order valence-corrected chi connectivity index (χ3v) is 3.64. The first-order valence-corrected chi connectivity index (χ1v) is 6.23. The molecule has 0 atom stereocenters. The van der Waals surface area contributed by atoms with Gasteiger partial charge in [0.2, 0.25) is 5.91 Å². The van der Waals surface area contributed by atoms with Crippen LogP contribution < -0.4 is 11.1 Å². The van der Waals surface area contributed by atoms with E-state index in [-0.39, 0.29) is 18.0 Å². The lowest BCUT2D eigenvalue weighted by molar-refractivity contribution is -0.122. The van der Waals surface area contributed by atoms with E-state index >= 15 is 0 Å². The van der Waals surface area contributed by atoms with Gasteiger partial charge in [-0.1, -0.05) is 28.1 Å². The summed E-state index contributed by atoms with van der Waals surface area (Å²) in [6.45, 7) is 0.0513. The Morgan fingerprint density at radius 1 is 1.50 bits per heavy atom. The molecule has 1 aromatic carbocycles. The molecule has 0 saturated heterocycles. The fraction of sp³-hybridized carbons (Fsp3) is 0.417. The minimum atomic E-state index is -0.180. The highest BCUT2D eigenvalue weighted by Crippen LogP contribution is 2.41. The van der Waals surface area contributed by atoms with Crippen molar-refractivity contribution >= 4 is 21.8 Å². The number of hydrogen-bond donors (Lipinski definition) is 2. The van der Waals surface area contributed by atoms with Crippen molar-refractivity contribution in [2.45, 2.75) is 24.8 Å². The van der Waals surface area contributed by atoms with E-state index in [2.05, 4.69) is 33.4 Å². The maximum atomic E-state index is 11.4. The lowest BCUT2D eigenvalue weighted by Gasteiger charge is -2.43. The average Bonchev–Trinajstić information content (AvgIpc) is 2.23. The molecule has 0 radical (unpaired) electrons. The second kappa shape index (κ2) is 4.55. The SMILES string of the molecule is NCC(=O)NC1(c2cccc(Br)c2)CCC1. The number of nitrogens with one attached hydrogen (secondary N) is 1. The van der Waals surface area contributed by atoms with Crippen LogP contribution in [0.5, 0.6) is 0 Å². The molecule has 16 heavy (non-hydrogen) atoms. The summed E-state index contributed by atoms with van der Waals surface area (Å²) in [5.74, 6) is -0.0836. The van der Waals surface area contributed by atoms with Crippen LogP contribution in [0, 0.1) is 0 Å². The van der Waals surface area contributed by atoms with Crippen LogP contribution >= 0.6 is 15.9 Å². The van der Waals surface area contributed by atoms with Gasteiger partial charge in [-0.25, -0.2) is 0 Å². The van der Waals surface area contributed by atoms with E-state index in [1.165, 1.54) is 0 Å². The molecule has 3 nitrogen and oxygen atoms in total. The highest BCUT2D eigenvalue weighted by atomic mass is 79.9. The predicted octanol–water partition coefficient (Wildman–Crippen LogP) is 1.90. The van der Waals surface area contributed by atoms with Crippen molar-refractivity contribution in [1.82, 2.24) is 5.32 Å². The molecular formula is C12H15BrN2O. The van der Waals surface area contributed by atoms with E-state index in [0.29, 0.717) is 0 Å². The first kappa shape index (κ1) is 11.6. The van der Waals surface area contributed by atoms with E-state index < -0.39 is 0 Å². The van der Waals surface area contributed by atoms with Gasteiger partial charge in [0.25, 0.3) is 0 Å². The third kappa shape index (κ3) is 2.13. The van der Waals surface area contributed by atoms with Crippen LogP contribution in [0.15, 0.2) is 28.7 Å². The monoisotopic (exact) mass is 282 g/mol. The molecule has 0 bridgehead atoms. The van der Waals surface area contributed by atoms with Gasteiger partial charge in [-0.3, -0.25) is 4.79 Å².